The molecule has 1 aromatic rings. The van der Waals surface area contributed by atoms with Crippen LogP contribution in [0.15, 0.2) is 4.52 Å². The van der Waals surface area contributed by atoms with Crippen LogP contribution in [0.4, 0.5) is 0 Å². The van der Waals surface area contributed by atoms with Gasteiger partial charge in [-0.05, 0) is 13.2 Å². The summed E-state index contributed by atoms with van der Waals surface area (Å²) in [5.41, 5.74) is 5.29. The minimum Gasteiger partial charge on any atom is -0.382 e. The molecule has 0 saturated heterocycles. The van der Waals surface area contributed by atoms with Crippen molar-refractivity contribution in [3.8, 4) is 0 Å². The molecule has 0 spiro atoms. The molecule has 1 unspecified atom stereocenters. The first-order valence-electron chi connectivity index (χ1n) is 4.70. The summed E-state index contributed by atoms with van der Waals surface area (Å²) in [5, 5.41) is 3.86. The molecule has 0 amide bonds. The Hall–Kier alpha value is -0.590. The van der Waals surface area contributed by atoms with Crippen molar-refractivity contribution >= 4 is 11.8 Å². The largest absolute Gasteiger partial charge is 0.382 e. The van der Waals surface area contributed by atoms with Gasteiger partial charge in [0.2, 0.25) is 5.89 Å². The molecule has 0 aliphatic rings. The second-order valence-corrected chi connectivity index (χ2v) is 4.59. The number of rotatable bonds is 6. The standard InChI is InChI=1S/C9H17N3O2S/c1-9(10,6-13-2)8-11-7(14-12-8)4-5-15-3/h4-6,10H2,1-3H3. The van der Waals surface area contributed by atoms with E-state index in [9.17, 15) is 0 Å². The van der Waals surface area contributed by atoms with Crippen molar-refractivity contribution in [2.24, 2.45) is 5.73 Å². The van der Waals surface area contributed by atoms with Gasteiger partial charge in [0.15, 0.2) is 5.82 Å². The summed E-state index contributed by atoms with van der Waals surface area (Å²) in [6.07, 6.45) is 2.81. The van der Waals surface area contributed by atoms with Crippen molar-refractivity contribution in [2.75, 3.05) is 25.7 Å². The van der Waals surface area contributed by atoms with Gasteiger partial charge in [-0.3, -0.25) is 0 Å². The van der Waals surface area contributed by atoms with Crippen LogP contribution >= 0.6 is 11.8 Å². The molecule has 1 heterocycles. The maximum Gasteiger partial charge on any atom is 0.227 e. The summed E-state index contributed by atoms with van der Waals surface area (Å²) in [4.78, 5) is 4.24. The lowest BCUT2D eigenvalue weighted by Gasteiger charge is -2.18. The van der Waals surface area contributed by atoms with E-state index in [1.54, 1.807) is 18.9 Å². The monoisotopic (exact) mass is 231 g/mol. The highest BCUT2D eigenvalue weighted by molar-refractivity contribution is 7.98. The molecule has 15 heavy (non-hydrogen) atoms. The number of aryl methyl sites for hydroxylation is 1. The lowest BCUT2D eigenvalue weighted by molar-refractivity contribution is 0.135. The van der Waals surface area contributed by atoms with Gasteiger partial charge in [-0.15, -0.1) is 0 Å². The molecule has 5 nitrogen and oxygen atoms in total. The van der Waals surface area contributed by atoms with Crippen LogP contribution in [0.1, 0.15) is 18.6 Å². The SMILES string of the molecule is COCC(C)(N)c1noc(CCSC)n1. The van der Waals surface area contributed by atoms with Crippen molar-refractivity contribution in [2.45, 2.75) is 18.9 Å². The average Bonchev–Trinajstić information content (AvgIpc) is 2.63. The van der Waals surface area contributed by atoms with Crippen molar-refractivity contribution in [3.05, 3.63) is 11.7 Å². The molecule has 0 aliphatic carbocycles. The highest BCUT2D eigenvalue weighted by Gasteiger charge is 2.27. The van der Waals surface area contributed by atoms with Crippen LogP contribution in [-0.2, 0) is 16.7 Å². The van der Waals surface area contributed by atoms with E-state index in [-0.39, 0.29) is 0 Å². The molecule has 0 radical (unpaired) electrons. The molecular weight excluding hydrogens is 214 g/mol. The third kappa shape index (κ3) is 3.48. The summed E-state index contributed by atoms with van der Waals surface area (Å²) >= 11 is 1.74. The van der Waals surface area contributed by atoms with E-state index in [0.717, 1.165) is 12.2 Å². The summed E-state index contributed by atoms with van der Waals surface area (Å²) in [6, 6.07) is 0. The van der Waals surface area contributed by atoms with Crippen molar-refractivity contribution in [3.63, 3.8) is 0 Å². The first-order valence-corrected chi connectivity index (χ1v) is 6.09. The number of thioether (sulfide) groups is 1. The van der Waals surface area contributed by atoms with E-state index in [1.165, 1.54) is 0 Å². The topological polar surface area (TPSA) is 74.2 Å². The summed E-state index contributed by atoms with van der Waals surface area (Å²) in [7, 11) is 1.60. The maximum atomic E-state index is 5.98. The number of ether oxygens (including phenoxy) is 1. The molecule has 6 heteroatoms. The van der Waals surface area contributed by atoms with Gasteiger partial charge in [-0.25, -0.2) is 0 Å². The fraction of sp³-hybridized carbons (Fsp3) is 0.778. The average molecular weight is 231 g/mol. The Kier molecular flexibility index (Phi) is 4.56. The number of hydrogen-bond donors (Lipinski definition) is 1. The number of nitrogens with two attached hydrogens (primary N) is 1. The fourth-order valence-electron chi connectivity index (χ4n) is 1.14. The number of aromatic nitrogens is 2. The van der Waals surface area contributed by atoms with Crippen molar-refractivity contribution < 1.29 is 9.26 Å². The zero-order chi connectivity index (χ0) is 11.3. The van der Waals surface area contributed by atoms with E-state index in [0.29, 0.717) is 18.3 Å². The van der Waals surface area contributed by atoms with Crippen LogP contribution in [0.2, 0.25) is 0 Å². The van der Waals surface area contributed by atoms with E-state index in [1.807, 2.05) is 13.2 Å². The Morgan fingerprint density at radius 2 is 2.33 bits per heavy atom. The molecule has 0 bridgehead atoms. The number of hydrogen-bond acceptors (Lipinski definition) is 6. The van der Waals surface area contributed by atoms with Crippen LogP contribution in [0.5, 0.6) is 0 Å². The van der Waals surface area contributed by atoms with Gasteiger partial charge in [0, 0.05) is 19.3 Å². The fourth-order valence-corrected chi connectivity index (χ4v) is 1.52. The molecule has 2 N–H and O–H groups in total. The van der Waals surface area contributed by atoms with E-state index in [2.05, 4.69) is 10.1 Å². The maximum absolute atomic E-state index is 5.98. The van der Waals surface area contributed by atoms with Gasteiger partial charge >= 0.3 is 0 Å². The minimum absolute atomic E-state index is 0.370. The van der Waals surface area contributed by atoms with Crippen LogP contribution < -0.4 is 5.73 Å². The Balaban J connectivity index is 2.66. The van der Waals surface area contributed by atoms with E-state index >= 15 is 0 Å². The Bertz CT molecular complexity index is 301. The lowest BCUT2D eigenvalue weighted by atomic mass is 10.1. The van der Waals surface area contributed by atoms with Gasteiger partial charge in [-0.1, -0.05) is 5.16 Å². The van der Waals surface area contributed by atoms with Gasteiger partial charge in [0.25, 0.3) is 0 Å². The summed E-state index contributed by atoms with van der Waals surface area (Å²) in [5.74, 6) is 2.10. The summed E-state index contributed by atoms with van der Waals surface area (Å²) < 4.78 is 10.1. The number of methoxy groups -OCH3 is 1. The van der Waals surface area contributed by atoms with E-state index < -0.39 is 5.54 Å². The van der Waals surface area contributed by atoms with Gasteiger partial charge < -0.3 is 15.0 Å². The quantitative estimate of drug-likeness (QED) is 0.780. The molecule has 0 aliphatic heterocycles. The molecule has 1 rings (SSSR count). The molecule has 0 fully saturated rings. The van der Waals surface area contributed by atoms with Gasteiger partial charge in [-0.2, -0.15) is 16.7 Å². The Morgan fingerprint density at radius 1 is 1.60 bits per heavy atom. The molecule has 0 aromatic carbocycles. The van der Waals surface area contributed by atoms with Crippen molar-refractivity contribution in [1.29, 1.82) is 0 Å². The van der Waals surface area contributed by atoms with Crippen LogP contribution in [0.3, 0.4) is 0 Å². The lowest BCUT2D eigenvalue weighted by Crippen LogP contribution is -2.39. The highest BCUT2D eigenvalue weighted by Crippen LogP contribution is 2.14. The molecular formula is C9H17N3O2S. The Morgan fingerprint density at radius 3 is 2.93 bits per heavy atom. The molecule has 0 saturated carbocycles. The number of nitrogens with zero attached hydrogens (tertiary/aromatic N) is 2. The third-order valence-corrected chi connectivity index (χ3v) is 2.56. The van der Waals surface area contributed by atoms with Crippen LogP contribution in [0, 0.1) is 0 Å². The second-order valence-electron chi connectivity index (χ2n) is 3.61. The molecule has 86 valence electrons. The minimum atomic E-state index is -0.685. The van der Waals surface area contributed by atoms with Crippen LogP contribution in [-0.4, -0.2) is 35.9 Å². The summed E-state index contributed by atoms with van der Waals surface area (Å²) in [6.45, 7) is 2.19. The predicted octanol–water partition coefficient (Wildman–Crippen LogP) is 0.795. The Labute approximate surface area is 93.7 Å². The van der Waals surface area contributed by atoms with Crippen LogP contribution in [0.25, 0.3) is 0 Å². The second kappa shape index (κ2) is 5.48. The first-order chi connectivity index (χ1) is 7.10. The van der Waals surface area contributed by atoms with Gasteiger partial charge in [0.1, 0.15) is 5.54 Å². The molecule has 1 aromatic heterocycles. The zero-order valence-electron chi connectivity index (χ0n) is 9.32. The van der Waals surface area contributed by atoms with Gasteiger partial charge in [0.05, 0.1) is 6.61 Å². The molecule has 1 atom stereocenters. The first kappa shape index (κ1) is 12.5. The zero-order valence-corrected chi connectivity index (χ0v) is 10.1. The highest BCUT2D eigenvalue weighted by atomic mass is 32.2. The third-order valence-electron chi connectivity index (χ3n) is 1.94. The van der Waals surface area contributed by atoms with E-state index in [4.69, 9.17) is 15.0 Å². The normalized spacial score (nSPS) is 15.2. The van der Waals surface area contributed by atoms with Crippen molar-refractivity contribution in [1.82, 2.24) is 10.1 Å². The smallest absolute Gasteiger partial charge is 0.227 e. The predicted molar refractivity (Wildman–Crippen MR) is 59.8 cm³/mol.